The summed E-state index contributed by atoms with van der Waals surface area (Å²) in [6, 6.07) is 0. The van der Waals surface area contributed by atoms with Gasteiger partial charge in [0.15, 0.2) is 0 Å². The molecule has 1 rings (SSSR count). The van der Waals surface area contributed by atoms with E-state index in [-0.39, 0.29) is 17.2 Å². The number of azide groups is 2. The molecule has 0 spiro atoms. The highest BCUT2D eigenvalue weighted by Gasteiger charge is 2.00. The van der Waals surface area contributed by atoms with Crippen LogP contribution in [0.15, 0.2) is 10.2 Å². The van der Waals surface area contributed by atoms with Crippen molar-refractivity contribution >= 4 is 23.5 Å². The van der Waals surface area contributed by atoms with Crippen molar-refractivity contribution in [1.29, 1.82) is 0 Å². The predicted molar refractivity (Wildman–Crippen MR) is 42.4 cm³/mol. The fraction of sp³-hybridized carbons (Fsp3) is 0. The molecule has 0 bridgehead atoms. The Balaban J connectivity index is 3.25. The Morgan fingerprint density at radius 2 is 1.46 bits per heavy atom. The summed E-state index contributed by atoms with van der Waals surface area (Å²) in [6.07, 6.45) is 0. The molecule has 0 atom stereocenters. The number of hydrogen-bond donors (Lipinski definition) is 0. The number of halogens is 1. The van der Waals surface area contributed by atoms with E-state index in [1.807, 2.05) is 0 Å². The molecule has 13 heavy (non-hydrogen) atoms. The topological polar surface area (TPSA) is 136 Å². The van der Waals surface area contributed by atoms with E-state index < -0.39 is 0 Å². The first-order valence-electron chi connectivity index (χ1n) is 2.78. The lowest BCUT2D eigenvalue weighted by Gasteiger charge is -1.92. The van der Waals surface area contributed by atoms with Crippen molar-refractivity contribution < 1.29 is 0 Å². The first-order chi connectivity index (χ1) is 6.26. The van der Waals surface area contributed by atoms with Crippen LogP contribution in [-0.2, 0) is 0 Å². The van der Waals surface area contributed by atoms with E-state index in [1.165, 1.54) is 0 Å². The average molecular weight is 198 g/mol. The molecule has 0 amide bonds. The summed E-state index contributed by atoms with van der Waals surface area (Å²) < 4.78 is 0. The van der Waals surface area contributed by atoms with Crippen LogP contribution < -0.4 is 0 Å². The van der Waals surface area contributed by atoms with Crippen molar-refractivity contribution in [3.63, 3.8) is 0 Å². The normalized spacial score (nSPS) is 8.38. The standard InChI is InChI=1S/C3ClN9/c4-1-7-2(10-12-5)9-3(8-1)11-13-6. The third-order valence-corrected chi connectivity index (χ3v) is 1.02. The van der Waals surface area contributed by atoms with E-state index in [9.17, 15) is 0 Å². The summed E-state index contributed by atoms with van der Waals surface area (Å²) in [5.74, 6) is -0.491. The molecule has 1 aromatic rings. The Kier molecular flexibility index (Phi) is 2.82. The highest BCUT2D eigenvalue weighted by molar-refractivity contribution is 6.28. The molecular weight excluding hydrogens is 198 g/mol. The Morgan fingerprint density at radius 1 is 1.00 bits per heavy atom. The maximum atomic E-state index is 8.04. The second kappa shape index (κ2) is 4.07. The first kappa shape index (κ1) is 9.01. The van der Waals surface area contributed by atoms with Gasteiger partial charge in [0.05, 0.1) is 0 Å². The summed E-state index contributed by atoms with van der Waals surface area (Å²) in [4.78, 5) is 15.2. The van der Waals surface area contributed by atoms with Crippen LogP contribution >= 0.6 is 11.6 Å². The first-order valence-corrected chi connectivity index (χ1v) is 3.16. The van der Waals surface area contributed by atoms with Gasteiger partial charge in [-0.3, -0.25) is 0 Å². The molecule has 9 nitrogen and oxygen atoms in total. The summed E-state index contributed by atoms with van der Waals surface area (Å²) >= 11 is 5.39. The number of aromatic nitrogens is 3. The van der Waals surface area contributed by atoms with Crippen LogP contribution in [0.4, 0.5) is 11.9 Å². The summed E-state index contributed by atoms with van der Waals surface area (Å²) in [6.45, 7) is 0. The number of rotatable bonds is 2. The molecule has 0 unspecified atom stereocenters. The van der Waals surface area contributed by atoms with E-state index in [0.29, 0.717) is 0 Å². The zero-order chi connectivity index (χ0) is 9.68. The molecule has 0 N–H and O–H groups in total. The molecule has 0 aliphatic rings. The van der Waals surface area contributed by atoms with Crippen LogP contribution in [0.2, 0.25) is 5.28 Å². The average Bonchev–Trinajstić information content (AvgIpc) is 2.04. The van der Waals surface area contributed by atoms with Crippen molar-refractivity contribution in [3.05, 3.63) is 26.2 Å². The summed E-state index contributed by atoms with van der Waals surface area (Å²) in [5.41, 5.74) is 16.1. The molecular formula is C3ClN9. The molecule has 1 aromatic heterocycles. The third kappa shape index (κ3) is 2.46. The van der Waals surface area contributed by atoms with Crippen LogP contribution in [-0.4, -0.2) is 15.0 Å². The Morgan fingerprint density at radius 3 is 1.85 bits per heavy atom. The van der Waals surface area contributed by atoms with Crippen LogP contribution in [0.1, 0.15) is 0 Å². The number of hydrogen-bond acceptors (Lipinski definition) is 5. The molecule has 0 aromatic carbocycles. The molecule has 0 aliphatic carbocycles. The lowest BCUT2D eigenvalue weighted by molar-refractivity contribution is 1.02. The van der Waals surface area contributed by atoms with Crippen molar-refractivity contribution in [2.45, 2.75) is 0 Å². The van der Waals surface area contributed by atoms with E-state index in [0.717, 1.165) is 0 Å². The monoisotopic (exact) mass is 197 g/mol. The molecule has 10 heteroatoms. The Hall–Kier alpha value is -2.08. The molecule has 64 valence electrons. The molecule has 0 fully saturated rings. The second-order valence-electron chi connectivity index (χ2n) is 1.58. The third-order valence-electron chi connectivity index (χ3n) is 0.853. The molecule has 0 aliphatic heterocycles. The van der Waals surface area contributed by atoms with Gasteiger partial charge in [0.2, 0.25) is 17.2 Å². The van der Waals surface area contributed by atoms with Gasteiger partial charge in [-0.25, -0.2) is 4.98 Å². The van der Waals surface area contributed by atoms with Crippen LogP contribution in [0.3, 0.4) is 0 Å². The Bertz CT molecular complexity index is 377. The van der Waals surface area contributed by atoms with E-state index in [1.54, 1.807) is 0 Å². The smallest absolute Gasteiger partial charge is 0.205 e. The zero-order valence-electron chi connectivity index (χ0n) is 5.90. The number of nitrogens with zero attached hydrogens (tertiary/aromatic N) is 9. The van der Waals surface area contributed by atoms with Crippen molar-refractivity contribution in [2.75, 3.05) is 0 Å². The predicted octanol–water partition coefficient (Wildman–Crippen LogP) is 2.41. The summed E-state index contributed by atoms with van der Waals surface area (Å²) in [7, 11) is 0. The van der Waals surface area contributed by atoms with Gasteiger partial charge in [-0.15, -0.1) is 0 Å². The van der Waals surface area contributed by atoms with Gasteiger partial charge < -0.3 is 0 Å². The van der Waals surface area contributed by atoms with Gasteiger partial charge in [-0.2, -0.15) is 9.97 Å². The van der Waals surface area contributed by atoms with Crippen LogP contribution in [0, 0.1) is 0 Å². The second-order valence-corrected chi connectivity index (χ2v) is 1.92. The maximum Gasteiger partial charge on any atom is 0.226 e. The minimum atomic E-state index is -0.245. The lowest BCUT2D eigenvalue weighted by Crippen LogP contribution is -1.85. The van der Waals surface area contributed by atoms with Gasteiger partial charge in [-0.05, 0) is 32.9 Å². The maximum absolute atomic E-state index is 8.04. The molecule has 0 radical (unpaired) electrons. The van der Waals surface area contributed by atoms with Crippen LogP contribution in [0.25, 0.3) is 20.9 Å². The van der Waals surface area contributed by atoms with Gasteiger partial charge in [-0.1, -0.05) is 0 Å². The minimum Gasteiger partial charge on any atom is -0.205 e. The van der Waals surface area contributed by atoms with E-state index in [4.69, 9.17) is 22.7 Å². The van der Waals surface area contributed by atoms with Crippen molar-refractivity contribution in [1.82, 2.24) is 15.0 Å². The SMILES string of the molecule is [N-]=[N+]=Nc1nc(Cl)nc(N=[N+]=[N-])n1. The zero-order valence-corrected chi connectivity index (χ0v) is 6.66. The lowest BCUT2D eigenvalue weighted by atomic mass is 10.9. The molecule has 0 saturated heterocycles. The quantitative estimate of drug-likeness (QED) is 0.409. The van der Waals surface area contributed by atoms with E-state index >= 15 is 0 Å². The largest absolute Gasteiger partial charge is 0.226 e. The fourth-order valence-corrected chi connectivity index (χ4v) is 0.650. The van der Waals surface area contributed by atoms with Crippen molar-refractivity contribution in [3.8, 4) is 0 Å². The molecule has 0 saturated carbocycles. The van der Waals surface area contributed by atoms with Gasteiger partial charge in [0.1, 0.15) is 0 Å². The minimum absolute atomic E-state index is 0.209. The summed E-state index contributed by atoms with van der Waals surface area (Å²) in [5, 5.41) is 5.91. The Labute approximate surface area is 75.7 Å². The fourth-order valence-electron chi connectivity index (χ4n) is 0.499. The van der Waals surface area contributed by atoms with Gasteiger partial charge >= 0.3 is 0 Å². The van der Waals surface area contributed by atoms with Crippen molar-refractivity contribution in [2.24, 2.45) is 10.2 Å². The van der Waals surface area contributed by atoms with Gasteiger partial charge in [0.25, 0.3) is 0 Å². The van der Waals surface area contributed by atoms with E-state index in [2.05, 4.69) is 35.0 Å². The highest BCUT2D eigenvalue weighted by atomic mass is 35.5. The van der Waals surface area contributed by atoms with Gasteiger partial charge in [0, 0.05) is 9.82 Å². The highest BCUT2D eigenvalue weighted by Crippen LogP contribution is 2.13. The molecule has 1 heterocycles. The van der Waals surface area contributed by atoms with Crippen LogP contribution in [0.5, 0.6) is 0 Å².